The Balaban J connectivity index is 2.44. The van der Waals surface area contributed by atoms with Crippen molar-refractivity contribution in [3.05, 3.63) is 29.3 Å². The van der Waals surface area contributed by atoms with Gasteiger partial charge in [-0.25, -0.2) is 0 Å². The smallest absolute Gasteiger partial charge is 0.399 e. The van der Waals surface area contributed by atoms with Gasteiger partial charge in [0.05, 0.1) is 16.8 Å². The van der Waals surface area contributed by atoms with E-state index < -0.39 is 30.1 Å². The molecular weight excluding hydrogens is 284 g/mol. The zero-order valence-corrected chi connectivity index (χ0v) is 12.2. The normalized spacial score (nSPS) is 20.6. The average molecular weight is 300 g/mol. The van der Waals surface area contributed by atoms with E-state index in [1.807, 2.05) is 0 Å². The molecule has 0 amide bonds. The molecule has 2 rings (SSSR count). The van der Waals surface area contributed by atoms with E-state index in [0.29, 0.717) is 6.29 Å². The minimum atomic E-state index is -4.53. The van der Waals surface area contributed by atoms with Gasteiger partial charge in [-0.1, -0.05) is 12.1 Å². The summed E-state index contributed by atoms with van der Waals surface area (Å²) in [6.07, 6.45) is -4.15. The van der Waals surface area contributed by atoms with Gasteiger partial charge in [-0.2, -0.15) is 13.2 Å². The summed E-state index contributed by atoms with van der Waals surface area (Å²) >= 11 is 0. The molecule has 0 bridgehead atoms. The monoisotopic (exact) mass is 300 g/mol. The maximum Gasteiger partial charge on any atom is 0.494 e. The fourth-order valence-corrected chi connectivity index (χ4v) is 2.02. The lowest BCUT2D eigenvalue weighted by Crippen LogP contribution is -2.41. The van der Waals surface area contributed by atoms with E-state index in [2.05, 4.69) is 0 Å². The summed E-state index contributed by atoms with van der Waals surface area (Å²) in [7, 11) is -0.934. The molecule has 3 nitrogen and oxygen atoms in total. The number of halogens is 3. The number of hydrogen-bond donors (Lipinski definition) is 0. The van der Waals surface area contributed by atoms with Crippen LogP contribution in [0.1, 0.15) is 43.6 Å². The minimum absolute atomic E-state index is 0.0606. The van der Waals surface area contributed by atoms with Crippen molar-refractivity contribution in [2.24, 2.45) is 0 Å². The van der Waals surface area contributed by atoms with Crippen molar-refractivity contribution in [3.8, 4) is 0 Å². The molecule has 1 fully saturated rings. The summed E-state index contributed by atoms with van der Waals surface area (Å²) in [5.74, 6) is 0. The van der Waals surface area contributed by atoms with Crippen LogP contribution in [0.5, 0.6) is 0 Å². The maximum absolute atomic E-state index is 12.9. The van der Waals surface area contributed by atoms with Gasteiger partial charge in [0.1, 0.15) is 6.29 Å². The van der Waals surface area contributed by atoms with Crippen molar-refractivity contribution in [2.75, 3.05) is 0 Å². The third-order valence-corrected chi connectivity index (χ3v) is 3.97. The van der Waals surface area contributed by atoms with E-state index in [4.69, 9.17) is 9.31 Å². The Hall–Kier alpha value is -1.34. The summed E-state index contributed by atoms with van der Waals surface area (Å²) in [6.45, 7) is 7.23. The molecule has 0 aromatic heterocycles. The number of alkyl halides is 3. The molecule has 0 N–H and O–H groups in total. The highest BCUT2D eigenvalue weighted by Gasteiger charge is 2.52. The third kappa shape index (κ3) is 2.99. The molecule has 1 heterocycles. The van der Waals surface area contributed by atoms with Gasteiger partial charge in [-0.15, -0.1) is 0 Å². The lowest BCUT2D eigenvalue weighted by molar-refractivity contribution is -0.137. The third-order valence-electron chi connectivity index (χ3n) is 3.97. The predicted molar refractivity (Wildman–Crippen MR) is 72.5 cm³/mol. The summed E-state index contributed by atoms with van der Waals surface area (Å²) < 4.78 is 50.1. The fourth-order valence-electron chi connectivity index (χ4n) is 2.02. The van der Waals surface area contributed by atoms with Crippen molar-refractivity contribution in [1.82, 2.24) is 0 Å². The number of rotatable bonds is 2. The molecule has 0 spiro atoms. The van der Waals surface area contributed by atoms with Crippen LogP contribution >= 0.6 is 0 Å². The Labute approximate surface area is 121 Å². The van der Waals surface area contributed by atoms with E-state index >= 15 is 0 Å². The number of carbonyl (C=O) groups is 1. The van der Waals surface area contributed by atoms with Crippen LogP contribution in [0.4, 0.5) is 13.2 Å². The Morgan fingerprint density at radius 3 is 2.00 bits per heavy atom. The molecule has 1 aromatic rings. The van der Waals surface area contributed by atoms with Crippen molar-refractivity contribution >= 4 is 18.9 Å². The Kier molecular flexibility index (Phi) is 3.70. The SMILES string of the molecule is CC1(C)OB(c2cc(C=O)cc(C(F)(F)F)c2)OC1(C)C. The Morgan fingerprint density at radius 2 is 1.57 bits per heavy atom. The standard InChI is InChI=1S/C14H16BF3O3/c1-12(2)13(3,4)21-15(20-12)11-6-9(8-19)5-10(7-11)14(16,17)18/h5-8H,1-4H3. The molecule has 1 aromatic carbocycles. The van der Waals surface area contributed by atoms with E-state index in [1.165, 1.54) is 6.07 Å². The van der Waals surface area contributed by atoms with Crippen LogP contribution in [0.3, 0.4) is 0 Å². The molecule has 0 atom stereocenters. The van der Waals surface area contributed by atoms with E-state index in [1.54, 1.807) is 27.7 Å². The quantitative estimate of drug-likeness (QED) is 0.622. The molecule has 7 heteroatoms. The van der Waals surface area contributed by atoms with Crippen LogP contribution in [-0.4, -0.2) is 24.6 Å². The predicted octanol–water partition coefficient (Wildman–Crippen LogP) is 2.82. The van der Waals surface area contributed by atoms with Crippen molar-refractivity contribution in [1.29, 1.82) is 0 Å². The van der Waals surface area contributed by atoms with Crippen LogP contribution < -0.4 is 5.46 Å². The summed E-state index contributed by atoms with van der Waals surface area (Å²) in [5.41, 5.74) is -2.09. The Morgan fingerprint density at radius 1 is 1.05 bits per heavy atom. The van der Waals surface area contributed by atoms with Gasteiger partial charge in [0.15, 0.2) is 0 Å². The summed E-state index contributed by atoms with van der Waals surface area (Å²) in [5, 5.41) is 0. The molecule has 1 aliphatic rings. The largest absolute Gasteiger partial charge is 0.494 e. The average Bonchev–Trinajstić information content (AvgIpc) is 2.57. The molecule has 0 unspecified atom stereocenters. The molecule has 0 aliphatic carbocycles. The first kappa shape index (κ1) is 16.0. The van der Waals surface area contributed by atoms with Crippen LogP contribution in [0.25, 0.3) is 0 Å². The van der Waals surface area contributed by atoms with Crippen LogP contribution in [0.15, 0.2) is 18.2 Å². The molecular formula is C14H16BF3O3. The lowest BCUT2D eigenvalue weighted by Gasteiger charge is -2.32. The molecule has 0 saturated carbocycles. The van der Waals surface area contributed by atoms with Crippen molar-refractivity contribution in [2.45, 2.75) is 45.1 Å². The van der Waals surface area contributed by atoms with E-state index in [9.17, 15) is 18.0 Å². The molecule has 1 aliphatic heterocycles. The first-order valence-corrected chi connectivity index (χ1v) is 6.49. The molecule has 1 saturated heterocycles. The van der Waals surface area contributed by atoms with Crippen LogP contribution in [0.2, 0.25) is 0 Å². The van der Waals surface area contributed by atoms with Gasteiger partial charge in [-0.3, -0.25) is 4.79 Å². The molecule has 114 valence electrons. The highest BCUT2D eigenvalue weighted by Crippen LogP contribution is 2.37. The Bertz CT molecular complexity index is 551. The number of benzene rings is 1. The van der Waals surface area contributed by atoms with E-state index in [0.717, 1.165) is 12.1 Å². The fraction of sp³-hybridized carbons (Fsp3) is 0.500. The topological polar surface area (TPSA) is 35.5 Å². The van der Waals surface area contributed by atoms with Gasteiger partial charge in [0, 0.05) is 5.56 Å². The van der Waals surface area contributed by atoms with Crippen LogP contribution in [0, 0.1) is 0 Å². The highest BCUT2D eigenvalue weighted by atomic mass is 19.4. The molecule has 0 radical (unpaired) electrons. The van der Waals surface area contributed by atoms with Crippen molar-refractivity contribution in [3.63, 3.8) is 0 Å². The van der Waals surface area contributed by atoms with Gasteiger partial charge in [0.25, 0.3) is 0 Å². The lowest BCUT2D eigenvalue weighted by atomic mass is 9.77. The van der Waals surface area contributed by atoms with Crippen molar-refractivity contribution < 1.29 is 27.3 Å². The zero-order valence-electron chi connectivity index (χ0n) is 12.2. The second-order valence-electron chi connectivity index (χ2n) is 6.09. The zero-order chi connectivity index (χ0) is 16.1. The maximum atomic E-state index is 12.9. The number of aldehydes is 1. The van der Waals surface area contributed by atoms with Crippen LogP contribution in [-0.2, 0) is 15.5 Å². The minimum Gasteiger partial charge on any atom is -0.399 e. The van der Waals surface area contributed by atoms with Gasteiger partial charge < -0.3 is 9.31 Å². The highest BCUT2D eigenvalue weighted by molar-refractivity contribution is 6.62. The van der Waals surface area contributed by atoms with Gasteiger partial charge in [-0.05, 0) is 39.2 Å². The first-order chi connectivity index (χ1) is 9.46. The number of carbonyl (C=O) groups excluding carboxylic acids is 1. The molecule has 21 heavy (non-hydrogen) atoms. The summed E-state index contributed by atoms with van der Waals surface area (Å²) in [4.78, 5) is 10.9. The van der Waals surface area contributed by atoms with Gasteiger partial charge >= 0.3 is 13.3 Å². The first-order valence-electron chi connectivity index (χ1n) is 6.49. The second-order valence-corrected chi connectivity index (χ2v) is 6.09. The number of hydrogen-bond acceptors (Lipinski definition) is 3. The second kappa shape index (κ2) is 4.85. The van der Waals surface area contributed by atoms with E-state index in [-0.39, 0.29) is 11.0 Å². The summed E-state index contributed by atoms with van der Waals surface area (Å²) in [6, 6.07) is 3.11. The van der Waals surface area contributed by atoms with Gasteiger partial charge in [0.2, 0.25) is 0 Å².